The number of carbonyl (C=O) groups is 1. The third-order valence-electron chi connectivity index (χ3n) is 2.33. The number of nitrogens with one attached hydrogen (secondary N) is 1. The number of hydrogen-bond donors (Lipinski definition) is 1. The highest BCUT2D eigenvalue weighted by Crippen LogP contribution is 2.26. The second-order valence-corrected chi connectivity index (χ2v) is 4.69. The Kier molecular flexibility index (Phi) is 4.04. The molecule has 1 aromatic carbocycles. The van der Waals surface area contributed by atoms with E-state index in [2.05, 4.69) is 31.2 Å². The number of benzene rings is 1. The van der Waals surface area contributed by atoms with Gasteiger partial charge in [0.15, 0.2) is 0 Å². The summed E-state index contributed by atoms with van der Waals surface area (Å²) in [5.74, 6) is 0.509. The monoisotopic (exact) mass is 305 g/mol. The molecule has 92 valence electrons. The van der Waals surface area contributed by atoms with Gasteiger partial charge in [0.1, 0.15) is 5.78 Å². The molecule has 2 rings (SSSR count). The molecule has 0 bridgehead atoms. The summed E-state index contributed by atoms with van der Waals surface area (Å²) >= 11 is 3.49. The highest BCUT2D eigenvalue weighted by Gasteiger charge is 2.04. The second kappa shape index (κ2) is 5.73. The lowest BCUT2D eigenvalue weighted by molar-refractivity contribution is -0.115. The van der Waals surface area contributed by atoms with Crippen LogP contribution in [-0.2, 0) is 4.79 Å². The van der Waals surface area contributed by atoms with Gasteiger partial charge >= 0.3 is 0 Å². The lowest BCUT2D eigenvalue weighted by atomic mass is 10.1. The molecular formula is C13H12BrN3O. The van der Waals surface area contributed by atoms with E-state index in [0.29, 0.717) is 5.95 Å². The van der Waals surface area contributed by atoms with Gasteiger partial charge in [0.05, 0.1) is 6.54 Å². The first-order valence-electron chi connectivity index (χ1n) is 5.47. The van der Waals surface area contributed by atoms with Gasteiger partial charge < -0.3 is 5.32 Å². The third kappa shape index (κ3) is 3.13. The SMILES string of the molecule is CC(=O)CNc1ncc(-c2ccccc2Br)cn1. The predicted molar refractivity (Wildman–Crippen MR) is 74.3 cm³/mol. The van der Waals surface area contributed by atoms with Gasteiger partial charge in [-0.3, -0.25) is 4.79 Å². The number of nitrogens with zero attached hydrogens (tertiary/aromatic N) is 2. The van der Waals surface area contributed by atoms with Gasteiger partial charge in [-0.05, 0) is 18.6 Å². The Hall–Kier alpha value is -1.75. The van der Waals surface area contributed by atoms with Crippen LogP contribution in [0.4, 0.5) is 5.95 Å². The third-order valence-corrected chi connectivity index (χ3v) is 3.02. The van der Waals surface area contributed by atoms with Crippen LogP contribution in [0.1, 0.15) is 6.92 Å². The summed E-state index contributed by atoms with van der Waals surface area (Å²) in [5.41, 5.74) is 1.96. The van der Waals surface area contributed by atoms with E-state index in [1.165, 1.54) is 6.92 Å². The molecule has 2 aromatic rings. The number of rotatable bonds is 4. The molecular weight excluding hydrogens is 294 g/mol. The predicted octanol–water partition coefficient (Wildman–Crippen LogP) is 2.91. The molecule has 1 N–H and O–H groups in total. The maximum atomic E-state index is 10.8. The Labute approximate surface area is 114 Å². The number of Topliss-reactive ketones (excluding diaryl/α,β-unsaturated/α-hetero) is 1. The number of carbonyl (C=O) groups excluding carboxylic acids is 1. The standard InChI is InChI=1S/C13H12BrN3O/c1-9(18)6-15-13-16-7-10(8-17-13)11-4-2-3-5-12(11)14/h2-5,7-8H,6H2,1H3,(H,15,16,17). The van der Waals surface area contributed by atoms with Crippen LogP contribution in [0.25, 0.3) is 11.1 Å². The Bertz CT molecular complexity index is 554. The van der Waals surface area contributed by atoms with Crippen molar-refractivity contribution < 1.29 is 4.79 Å². The number of aromatic nitrogens is 2. The minimum Gasteiger partial charge on any atom is -0.347 e. The molecule has 5 heteroatoms. The Morgan fingerprint density at radius 3 is 2.56 bits per heavy atom. The fourth-order valence-corrected chi connectivity index (χ4v) is 1.97. The molecule has 0 saturated heterocycles. The van der Waals surface area contributed by atoms with Crippen molar-refractivity contribution >= 4 is 27.7 Å². The fraction of sp³-hybridized carbons (Fsp3) is 0.154. The van der Waals surface area contributed by atoms with Gasteiger partial charge in [-0.2, -0.15) is 0 Å². The van der Waals surface area contributed by atoms with Crippen LogP contribution < -0.4 is 5.32 Å². The lowest BCUT2D eigenvalue weighted by Crippen LogP contribution is -2.11. The molecule has 0 aliphatic carbocycles. The van der Waals surface area contributed by atoms with Crippen molar-refractivity contribution in [2.24, 2.45) is 0 Å². The minimum atomic E-state index is 0.0495. The fourth-order valence-electron chi connectivity index (χ4n) is 1.46. The molecule has 0 aliphatic heterocycles. The van der Waals surface area contributed by atoms with Crippen molar-refractivity contribution in [3.8, 4) is 11.1 Å². The Morgan fingerprint density at radius 1 is 1.28 bits per heavy atom. The van der Waals surface area contributed by atoms with Crippen LogP contribution in [0.2, 0.25) is 0 Å². The molecule has 18 heavy (non-hydrogen) atoms. The summed E-state index contributed by atoms with van der Waals surface area (Å²) in [6.07, 6.45) is 3.46. The molecule has 4 nitrogen and oxygen atoms in total. The van der Waals surface area contributed by atoms with Crippen LogP contribution in [0.5, 0.6) is 0 Å². The summed E-state index contributed by atoms with van der Waals surface area (Å²) in [4.78, 5) is 19.2. The van der Waals surface area contributed by atoms with E-state index in [1.807, 2.05) is 24.3 Å². The van der Waals surface area contributed by atoms with E-state index in [0.717, 1.165) is 15.6 Å². The van der Waals surface area contributed by atoms with E-state index in [-0.39, 0.29) is 12.3 Å². The zero-order chi connectivity index (χ0) is 13.0. The average molecular weight is 306 g/mol. The molecule has 0 aliphatic rings. The number of hydrogen-bond acceptors (Lipinski definition) is 4. The van der Waals surface area contributed by atoms with E-state index in [9.17, 15) is 4.79 Å². The summed E-state index contributed by atoms with van der Waals surface area (Å²) in [5, 5.41) is 2.85. The molecule has 0 radical (unpaired) electrons. The zero-order valence-corrected chi connectivity index (χ0v) is 11.4. The topological polar surface area (TPSA) is 54.9 Å². The van der Waals surface area contributed by atoms with Gasteiger partial charge in [0.2, 0.25) is 5.95 Å². The van der Waals surface area contributed by atoms with Gasteiger partial charge in [0.25, 0.3) is 0 Å². The summed E-state index contributed by atoms with van der Waals surface area (Å²) in [7, 11) is 0. The average Bonchev–Trinajstić information content (AvgIpc) is 2.38. The maximum absolute atomic E-state index is 10.8. The smallest absolute Gasteiger partial charge is 0.222 e. The van der Waals surface area contributed by atoms with Crippen molar-refractivity contribution in [3.05, 3.63) is 41.1 Å². The molecule has 0 unspecified atom stereocenters. The molecule has 0 saturated carbocycles. The van der Waals surface area contributed by atoms with Crippen LogP contribution in [0.3, 0.4) is 0 Å². The van der Waals surface area contributed by atoms with Crippen LogP contribution in [0.15, 0.2) is 41.1 Å². The zero-order valence-electron chi connectivity index (χ0n) is 9.85. The van der Waals surface area contributed by atoms with Gasteiger partial charge in [-0.25, -0.2) is 9.97 Å². The van der Waals surface area contributed by atoms with Crippen LogP contribution in [0, 0.1) is 0 Å². The minimum absolute atomic E-state index is 0.0495. The van der Waals surface area contributed by atoms with Crippen molar-refractivity contribution in [2.75, 3.05) is 11.9 Å². The van der Waals surface area contributed by atoms with Gasteiger partial charge in [0, 0.05) is 22.4 Å². The second-order valence-electron chi connectivity index (χ2n) is 3.83. The highest BCUT2D eigenvalue weighted by atomic mass is 79.9. The summed E-state index contributed by atoms with van der Waals surface area (Å²) in [6, 6.07) is 7.88. The van der Waals surface area contributed by atoms with Crippen molar-refractivity contribution in [1.82, 2.24) is 9.97 Å². The normalized spacial score (nSPS) is 10.1. The first-order valence-corrected chi connectivity index (χ1v) is 6.26. The van der Waals surface area contributed by atoms with Crippen LogP contribution in [-0.4, -0.2) is 22.3 Å². The lowest BCUT2D eigenvalue weighted by Gasteiger charge is -2.05. The van der Waals surface area contributed by atoms with E-state index >= 15 is 0 Å². The van der Waals surface area contributed by atoms with Crippen LogP contribution >= 0.6 is 15.9 Å². The Morgan fingerprint density at radius 2 is 1.94 bits per heavy atom. The van der Waals surface area contributed by atoms with Gasteiger partial charge in [-0.1, -0.05) is 34.1 Å². The largest absolute Gasteiger partial charge is 0.347 e. The molecule has 0 fully saturated rings. The quantitative estimate of drug-likeness (QED) is 0.943. The highest BCUT2D eigenvalue weighted by molar-refractivity contribution is 9.10. The van der Waals surface area contributed by atoms with E-state index < -0.39 is 0 Å². The number of halogens is 1. The molecule has 1 heterocycles. The molecule has 0 spiro atoms. The van der Waals surface area contributed by atoms with Crippen molar-refractivity contribution in [2.45, 2.75) is 6.92 Å². The van der Waals surface area contributed by atoms with E-state index in [4.69, 9.17) is 0 Å². The molecule has 1 aromatic heterocycles. The maximum Gasteiger partial charge on any atom is 0.222 e. The van der Waals surface area contributed by atoms with Crippen molar-refractivity contribution in [3.63, 3.8) is 0 Å². The summed E-state index contributed by atoms with van der Waals surface area (Å²) < 4.78 is 0.998. The first-order chi connectivity index (χ1) is 8.66. The Balaban J connectivity index is 2.17. The number of ketones is 1. The summed E-state index contributed by atoms with van der Waals surface area (Å²) in [6.45, 7) is 1.76. The first kappa shape index (κ1) is 12.7. The molecule has 0 amide bonds. The van der Waals surface area contributed by atoms with E-state index in [1.54, 1.807) is 12.4 Å². The molecule has 0 atom stereocenters. The number of anilines is 1. The van der Waals surface area contributed by atoms with Gasteiger partial charge in [-0.15, -0.1) is 0 Å². The van der Waals surface area contributed by atoms with Crippen molar-refractivity contribution in [1.29, 1.82) is 0 Å².